The Labute approximate surface area is 143 Å². The van der Waals surface area contributed by atoms with Gasteiger partial charge in [-0.1, -0.05) is 48.5 Å². The zero-order valence-electron chi connectivity index (χ0n) is 14.1. The molecule has 3 heteroatoms. The molecule has 0 bridgehead atoms. The van der Waals surface area contributed by atoms with Crippen LogP contribution in [-0.2, 0) is 6.54 Å². The minimum atomic E-state index is 0.858. The van der Waals surface area contributed by atoms with Crippen LogP contribution in [0.2, 0.25) is 0 Å². The largest absolute Gasteiger partial charge is 0.268 e. The highest BCUT2D eigenvalue weighted by Gasteiger charge is 2.07. The zero-order chi connectivity index (χ0) is 16.8. The van der Waals surface area contributed by atoms with Gasteiger partial charge in [-0.2, -0.15) is 5.10 Å². The standard InChI is InChI=1S/C21H22N3/c1-18(22-23(2)21-13-7-4-8-14-21)20-12-9-15-24(17-20)16-19-10-5-3-6-11-19/h3-15,17H,16H2,1-2H3/q+1/b22-18+. The molecule has 0 aliphatic heterocycles. The van der Waals surface area contributed by atoms with Gasteiger partial charge in [-0.25, -0.2) is 4.57 Å². The van der Waals surface area contributed by atoms with E-state index in [1.807, 2.05) is 43.2 Å². The SMILES string of the molecule is C/C(=N\N(C)c1ccccc1)c1ccc[n+](Cc2ccccc2)c1. The Morgan fingerprint density at radius 1 is 0.917 bits per heavy atom. The molecule has 0 unspecified atom stereocenters. The molecule has 3 aromatic rings. The van der Waals surface area contributed by atoms with Crippen molar-refractivity contribution in [1.29, 1.82) is 0 Å². The van der Waals surface area contributed by atoms with Gasteiger partial charge < -0.3 is 0 Å². The Balaban J connectivity index is 1.79. The highest BCUT2D eigenvalue weighted by molar-refractivity contribution is 5.98. The lowest BCUT2D eigenvalue weighted by Gasteiger charge is -2.14. The maximum atomic E-state index is 4.70. The first kappa shape index (κ1) is 15.9. The van der Waals surface area contributed by atoms with Crippen LogP contribution in [0.4, 0.5) is 5.69 Å². The summed E-state index contributed by atoms with van der Waals surface area (Å²) in [6.45, 7) is 2.90. The van der Waals surface area contributed by atoms with Gasteiger partial charge >= 0.3 is 0 Å². The molecule has 0 aliphatic rings. The van der Waals surface area contributed by atoms with Crippen molar-refractivity contribution in [2.45, 2.75) is 13.5 Å². The quantitative estimate of drug-likeness (QED) is 0.397. The molecule has 0 aliphatic carbocycles. The molecule has 120 valence electrons. The van der Waals surface area contributed by atoms with E-state index in [1.54, 1.807) is 0 Å². The lowest BCUT2D eigenvalue weighted by atomic mass is 10.2. The van der Waals surface area contributed by atoms with Crippen LogP contribution in [0.1, 0.15) is 18.1 Å². The minimum Gasteiger partial charge on any atom is -0.268 e. The molecule has 0 spiro atoms. The van der Waals surface area contributed by atoms with E-state index in [2.05, 4.69) is 65.5 Å². The Kier molecular flexibility index (Phi) is 5.02. The summed E-state index contributed by atoms with van der Waals surface area (Å²) in [5.41, 5.74) is 4.47. The van der Waals surface area contributed by atoms with Crippen LogP contribution in [0, 0.1) is 0 Å². The van der Waals surface area contributed by atoms with Gasteiger partial charge in [0.05, 0.1) is 17.0 Å². The van der Waals surface area contributed by atoms with Gasteiger partial charge in [-0.05, 0) is 25.1 Å². The second-order valence-electron chi connectivity index (χ2n) is 5.80. The second-order valence-corrected chi connectivity index (χ2v) is 5.80. The molecule has 0 saturated carbocycles. The van der Waals surface area contributed by atoms with Crippen molar-refractivity contribution < 1.29 is 4.57 Å². The van der Waals surface area contributed by atoms with Gasteiger partial charge in [0, 0.05) is 18.7 Å². The molecule has 1 heterocycles. The van der Waals surface area contributed by atoms with Gasteiger partial charge in [0.2, 0.25) is 0 Å². The molecule has 0 N–H and O–H groups in total. The molecule has 3 nitrogen and oxygen atoms in total. The lowest BCUT2D eigenvalue weighted by molar-refractivity contribution is -0.688. The number of aromatic nitrogens is 1. The fraction of sp³-hybridized carbons (Fsp3) is 0.143. The topological polar surface area (TPSA) is 19.5 Å². The second kappa shape index (κ2) is 7.55. The first-order chi connectivity index (χ1) is 11.7. The molecule has 0 amide bonds. The third kappa shape index (κ3) is 4.07. The summed E-state index contributed by atoms with van der Waals surface area (Å²) in [6.07, 6.45) is 4.23. The van der Waals surface area contributed by atoms with Crippen molar-refractivity contribution in [3.8, 4) is 0 Å². The van der Waals surface area contributed by atoms with E-state index < -0.39 is 0 Å². The maximum absolute atomic E-state index is 4.70. The summed E-state index contributed by atoms with van der Waals surface area (Å²) >= 11 is 0. The van der Waals surface area contributed by atoms with Crippen LogP contribution in [-0.4, -0.2) is 12.8 Å². The molecule has 2 aromatic carbocycles. The summed E-state index contributed by atoms with van der Waals surface area (Å²) < 4.78 is 2.19. The van der Waals surface area contributed by atoms with E-state index in [1.165, 1.54) is 5.56 Å². The maximum Gasteiger partial charge on any atom is 0.178 e. The Morgan fingerprint density at radius 2 is 1.58 bits per heavy atom. The van der Waals surface area contributed by atoms with Crippen LogP contribution in [0.3, 0.4) is 0 Å². The van der Waals surface area contributed by atoms with Crippen molar-refractivity contribution in [3.05, 3.63) is 96.3 Å². The Bertz CT molecular complexity index is 811. The van der Waals surface area contributed by atoms with Crippen LogP contribution in [0.15, 0.2) is 90.3 Å². The highest BCUT2D eigenvalue weighted by Crippen LogP contribution is 2.12. The first-order valence-electron chi connectivity index (χ1n) is 8.10. The molecule has 1 aromatic heterocycles. The average Bonchev–Trinajstić information content (AvgIpc) is 2.63. The van der Waals surface area contributed by atoms with Gasteiger partial charge in [0.15, 0.2) is 18.9 Å². The average molecular weight is 316 g/mol. The van der Waals surface area contributed by atoms with Crippen molar-refractivity contribution >= 4 is 11.4 Å². The number of pyridine rings is 1. The number of anilines is 1. The van der Waals surface area contributed by atoms with Gasteiger partial charge in [-0.15, -0.1) is 0 Å². The third-order valence-electron chi connectivity index (χ3n) is 3.91. The third-order valence-corrected chi connectivity index (χ3v) is 3.91. The number of benzene rings is 2. The molecule has 3 rings (SSSR count). The molecule has 0 atom stereocenters. The summed E-state index contributed by atoms with van der Waals surface area (Å²) in [7, 11) is 1.97. The van der Waals surface area contributed by atoms with Gasteiger partial charge in [-0.3, -0.25) is 5.01 Å². The fourth-order valence-electron chi connectivity index (χ4n) is 2.61. The normalized spacial score (nSPS) is 11.3. The number of para-hydroxylation sites is 1. The summed E-state index contributed by atoms with van der Waals surface area (Å²) in [5.74, 6) is 0. The Hall–Kier alpha value is -2.94. The van der Waals surface area contributed by atoms with E-state index in [4.69, 9.17) is 5.10 Å². The Morgan fingerprint density at radius 3 is 2.29 bits per heavy atom. The predicted molar refractivity (Wildman–Crippen MR) is 99.2 cm³/mol. The molecule has 0 saturated heterocycles. The molecule has 0 radical (unpaired) electrons. The summed E-state index contributed by atoms with van der Waals surface area (Å²) in [4.78, 5) is 0. The van der Waals surface area contributed by atoms with Gasteiger partial charge in [0.1, 0.15) is 0 Å². The van der Waals surface area contributed by atoms with Crippen molar-refractivity contribution in [1.82, 2.24) is 0 Å². The first-order valence-corrected chi connectivity index (χ1v) is 8.10. The van der Waals surface area contributed by atoms with E-state index >= 15 is 0 Å². The van der Waals surface area contributed by atoms with Crippen molar-refractivity contribution in [3.63, 3.8) is 0 Å². The van der Waals surface area contributed by atoms with Crippen LogP contribution >= 0.6 is 0 Å². The molecular formula is C21H22N3+. The predicted octanol–water partition coefficient (Wildman–Crippen LogP) is 3.88. The lowest BCUT2D eigenvalue weighted by Crippen LogP contribution is -2.34. The number of rotatable bonds is 5. The molecule has 24 heavy (non-hydrogen) atoms. The van der Waals surface area contributed by atoms with Gasteiger partial charge in [0.25, 0.3) is 0 Å². The number of nitrogens with zero attached hydrogens (tertiary/aromatic N) is 3. The number of hydrazone groups is 1. The van der Waals surface area contributed by atoms with E-state index in [-0.39, 0.29) is 0 Å². The smallest absolute Gasteiger partial charge is 0.178 e. The molecular weight excluding hydrogens is 294 g/mol. The van der Waals surface area contributed by atoms with Crippen LogP contribution < -0.4 is 9.58 Å². The summed E-state index contributed by atoms with van der Waals surface area (Å²) in [6, 6.07) is 24.8. The van der Waals surface area contributed by atoms with Crippen molar-refractivity contribution in [2.75, 3.05) is 12.1 Å². The highest BCUT2D eigenvalue weighted by atomic mass is 15.4. The van der Waals surface area contributed by atoms with E-state index in [0.717, 1.165) is 23.5 Å². The van der Waals surface area contributed by atoms with E-state index in [0.29, 0.717) is 0 Å². The van der Waals surface area contributed by atoms with Crippen molar-refractivity contribution in [2.24, 2.45) is 5.10 Å². The van der Waals surface area contributed by atoms with E-state index in [9.17, 15) is 0 Å². The monoisotopic (exact) mass is 316 g/mol. The van der Waals surface area contributed by atoms with Crippen LogP contribution in [0.25, 0.3) is 0 Å². The van der Waals surface area contributed by atoms with Crippen LogP contribution in [0.5, 0.6) is 0 Å². The summed E-state index contributed by atoms with van der Waals surface area (Å²) in [5, 5.41) is 6.61. The minimum absolute atomic E-state index is 0.858. The number of hydrogen-bond acceptors (Lipinski definition) is 2. The fourth-order valence-corrected chi connectivity index (χ4v) is 2.61. The molecule has 0 fully saturated rings. The number of hydrogen-bond donors (Lipinski definition) is 0. The zero-order valence-corrected chi connectivity index (χ0v) is 14.1.